The van der Waals surface area contributed by atoms with Gasteiger partial charge in [-0.25, -0.2) is 8.42 Å². The minimum atomic E-state index is -3.18. The highest BCUT2D eigenvalue weighted by atomic mass is 32.2. The lowest BCUT2D eigenvalue weighted by atomic mass is 10.2. The Morgan fingerprint density at radius 2 is 2.31 bits per heavy atom. The Hall–Kier alpha value is -0.210. The molecule has 0 aliphatic carbocycles. The van der Waals surface area contributed by atoms with E-state index in [4.69, 9.17) is 10.5 Å². The molecular weight excluding hydrogens is 230 g/mol. The molecule has 1 rings (SSSR count). The van der Waals surface area contributed by atoms with Crippen molar-refractivity contribution in [2.75, 3.05) is 45.6 Å². The number of nitrogens with one attached hydrogen (secondary N) is 1. The van der Waals surface area contributed by atoms with E-state index in [0.717, 1.165) is 0 Å². The fraction of sp³-hybridized carbons (Fsp3) is 1.00. The molecule has 96 valence electrons. The van der Waals surface area contributed by atoms with Crippen LogP contribution in [-0.2, 0) is 14.8 Å². The summed E-state index contributed by atoms with van der Waals surface area (Å²) < 4.78 is 30.4. The predicted molar refractivity (Wildman–Crippen MR) is 62.7 cm³/mol. The number of sulfonamides is 1. The Balaban J connectivity index is 2.57. The average molecular weight is 251 g/mol. The summed E-state index contributed by atoms with van der Waals surface area (Å²) >= 11 is 0. The van der Waals surface area contributed by atoms with Gasteiger partial charge in [0.25, 0.3) is 0 Å². The quantitative estimate of drug-likeness (QED) is 0.566. The van der Waals surface area contributed by atoms with E-state index in [1.807, 2.05) is 0 Å². The molecule has 1 saturated heterocycles. The highest BCUT2D eigenvalue weighted by molar-refractivity contribution is 7.89. The fourth-order valence-electron chi connectivity index (χ4n) is 1.81. The van der Waals surface area contributed by atoms with Crippen molar-refractivity contribution >= 4 is 10.0 Å². The van der Waals surface area contributed by atoms with E-state index in [1.165, 1.54) is 4.31 Å². The Kier molecular flexibility index (Phi) is 5.63. The lowest BCUT2D eigenvalue weighted by Gasteiger charge is -2.34. The van der Waals surface area contributed by atoms with E-state index in [9.17, 15) is 8.42 Å². The molecule has 1 aliphatic rings. The summed E-state index contributed by atoms with van der Waals surface area (Å²) in [5.74, 6) is 0.136. The first-order chi connectivity index (χ1) is 7.61. The summed E-state index contributed by atoms with van der Waals surface area (Å²) in [5, 5.41) is 3.14. The van der Waals surface area contributed by atoms with E-state index in [1.54, 1.807) is 7.11 Å². The third-order valence-corrected chi connectivity index (χ3v) is 4.68. The van der Waals surface area contributed by atoms with Gasteiger partial charge >= 0.3 is 0 Å². The standard InChI is InChI=1S/C9H21N3O3S/c1-15-5-2-6-16(13,14)12-4-3-11-8-9(12)7-10/h9,11H,2-8,10H2,1H3. The molecule has 1 aliphatic heterocycles. The summed E-state index contributed by atoms with van der Waals surface area (Å²) in [6.07, 6.45) is 0.528. The van der Waals surface area contributed by atoms with Crippen molar-refractivity contribution in [1.82, 2.24) is 9.62 Å². The van der Waals surface area contributed by atoms with Crippen molar-refractivity contribution in [2.45, 2.75) is 12.5 Å². The zero-order valence-corrected chi connectivity index (χ0v) is 10.5. The lowest BCUT2D eigenvalue weighted by Crippen LogP contribution is -2.56. The molecule has 1 unspecified atom stereocenters. The van der Waals surface area contributed by atoms with Crippen LogP contribution in [-0.4, -0.2) is 64.4 Å². The second-order valence-electron chi connectivity index (χ2n) is 3.87. The minimum Gasteiger partial charge on any atom is -0.385 e. The van der Waals surface area contributed by atoms with Crippen LogP contribution in [0.5, 0.6) is 0 Å². The Morgan fingerprint density at radius 3 is 2.94 bits per heavy atom. The van der Waals surface area contributed by atoms with Gasteiger partial charge in [-0.15, -0.1) is 0 Å². The number of methoxy groups -OCH3 is 1. The van der Waals surface area contributed by atoms with E-state index < -0.39 is 10.0 Å². The van der Waals surface area contributed by atoms with Gasteiger partial charge in [0.15, 0.2) is 0 Å². The van der Waals surface area contributed by atoms with Crippen LogP contribution in [0.25, 0.3) is 0 Å². The molecule has 6 nitrogen and oxygen atoms in total. The zero-order chi connectivity index (χ0) is 12.0. The van der Waals surface area contributed by atoms with E-state index in [-0.39, 0.29) is 11.8 Å². The summed E-state index contributed by atoms with van der Waals surface area (Å²) in [6.45, 7) is 2.67. The van der Waals surface area contributed by atoms with Crippen LogP contribution in [0.3, 0.4) is 0 Å². The molecule has 0 aromatic carbocycles. The molecule has 1 atom stereocenters. The van der Waals surface area contributed by atoms with Gasteiger partial charge in [0.1, 0.15) is 0 Å². The normalized spacial score (nSPS) is 23.5. The van der Waals surface area contributed by atoms with Crippen LogP contribution < -0.4 is 11.1 Å². The van der Waals surface area contributed by atoms with Crippen LogP contribution in [0.4, 0.5) is 0 Å². The lowest BCUT2D eigenvalue weighted by molar-refractivity contribution is 0.198. The zero-order valence-electron chi connectivity index (χ0n) is 9.68. The van der Waals surface area contributed by atoms with Gasteiger partial charge in [-0.1, -0.05) is 0 Å². The molecular formula is C9H21N3O3S. The maximum atomic E-state index is 12.0. The molecule has 3 N–H and O–H groups in total. The molecule has 0 aromatic heterocycles. The van der Waals surface area contributed by atoms with Gasteiger partial charge < -0.3 is 15.8 Å². The summed E-state index contributed by atoms with van der Waals surface area (Å²) in [5.41, 5.74) is 5.57. The SMILES string of the molecule is COCCCS(=O)(=O)N1CCNCC1CN. The van der Waals surface area contributed by atoms with Crippen molar-refractivity contribution in [3.63, 3.8) is 0 Å². The molecule has 0 radical (unpaired) electrons. The van der Waals surface area contributed by atoms with Gasteiger partial charge in [-0.2, -0.15) is 4.31 Å². The molecule has 0 saturated carbocycles. The van der Waals surface area contributed by atoms with Crippen molar-refractivity contribution in [3.05, 3.63) is 0 Å². The second-order valence-corrected chi connectivity index (χ2v) is 5.91. The summed E-state index contributed by atoms with van der Waals surface area (Å²) in [4.78, 5) is 0. The monoisotopic (exact) mass is 251 g/mol. The molecule has 0 aromatic rings. The number of nitrogens with two attached hydrogens (primary N) is 1. The average Bonchev–Trinajstić information content (AvgIpc) is 2.29. The van der Waals surface area contributed by atoms with Gasteiger partial charge in [0.2, 0.25) is 10.0 Å². The van der Waals surface area contributed by atoms with Crippen LogP contribution in [0.2, 0.25) is 0 Å². The topological polar surface area (TPSA) is 84.7 Å². The molecule has 7 heteroatoms. The highest BCUT2D eigenvalue weighted by Gasteiger charge is 2.30. The Morgan fingerprint density at radius 1 is 1.56 bits per heavy atom. The van der Waals surface area contributed by atoms with Crippen LogP contribution in [0.1, 0.15) is 6.42 Å². The van der Waals surface area contributed by atoms with Crippen molar-refractivity contribution < 1.29 is 13.2 Å². The van der Waals surface area contributed by atoms with E-state index >= 15 is 0 Å². The predicted octanol–water partition coefficient (Wildman–Crippen LogP) is -1.41. The molecule has 1 fully saturated rings. The number of piperazine rings is 1. The Labute approximate surface area is 97.2 Å². The van der Waals surface area contributed by atoms with Gasteiger partial charge in [0, 0.05) is 45.9 Å². The molecule has 16 heavy (non-hydrogen) atoms. The molecule has 0 amide bonds. The van der Waals surface area contributed by atoms with Crippen LogP contribution >= 0.6 is 0 Å². The Bertz CT molecular complexity index is 294. The first kappa shape index (κ1) is 13.9. The molecule has 1 heterocycles. The van der Waals surface area contributed by atoms with Crippen molar-refractivity contribution in [3.8, 4) is 0 Å². The van der Waals surface area contributed by atoms with E-state index in [2.05, 4.69) is 5.32 Å². The van der Waals surface area contributed by atoms with Crippen LogP contribution in [0, 0.1) is 0 Å². The second kappa shape index (κ2) is 6.51. The molecule has 0 bridgehead atoms. The number of hydrogen-bond donors (Lipinski definition) is 2. The largest absolute Gasteiger partial charge is 0.385 e. The fourth-order valence-corrected chi connectivity index (χ4v) is 3.51. The summed E-state index contributed by atoms with van der Waals surface area (Å²) in [6, 6.07) is -0.110. The number of rotatable bonds is 6. The number of ether oxygens (including phenoxy) is 1. The first-order valence-electron chi connectivity index (χ1n) is 5.51. The van der Waals surface area contributed by atoms with Crippen molar-refractivity contribution in [1.29, 1.82) is 0 Å². The minimum absolute atomic E-state index is 0.110. The maximum Gasteiger partial charge on any atom is 0.214 e. The molecule has 0 spiro atoms. The van der Waals surface area contributed by atoms with Crippen molar-refractivity contribution in [2.24, 2.45) is 5.73 Å². The summed E-state index contributed by atoms with van der Waals surface area (Å²) in [7, 11) is -1.61. The highest BCUT2D eigenvalue weighted by Crippen LogP contribution is 2.10. The van der Waals surface area contributed by atoms with Gasteiger partial charge in [-0.05, 0) is 6.42 Å². The smallest absolute Gasteiger partial charge is 0.214 e. The van der Waals surface area contributed by atoms with Crippen LogP contribution in [0.15, 0.2) is 0 Å². The van der Waals surface area contributed by atoms with E-state index in [0.29, 0.717) is 39.2 Å². The van der Waals surface area contributed by atoms with Gasteiger partial charge in [-0.3, -0.25) is 0 Å². The maximum absolute atomic E-state index is 12.0. The van der Waals surface area contributed by atoms with Gasteiger partial charge in [0.05, 0.1) is 5.75 Å². The number of hydrogen-bond acceptors (Lipinski definition) is 5. The third-order valence-electron chi connectivity index (χ3n) is 2.68. The third kappa shape index (κ3) is 3.67. The first-order valence-corrected chi connectivity index (χ1v) is 7.12. The number of nitrogens with zero attached hydrogens (tertiary/aromatic N) is 1.